The lowest BCUT2D eigenvalue weighted by atomic mass is 10.2. The first-order chi connectivity index (χ1) is 14.1. The minimum Gasteiger partial charge on any atom is -0.325 e. The lowest BCUT2D eigenvalue weighted by Crippen LogP contribution is -2.33. The van der Waals surface area contributed by atoms with Crippen molar-refractivity contribution >= 4 is 33.0 Å². The monoisotopic (exact) mass is 444 g/mol. The highest BCUT2D eigenvalue weighted by atomic mass is 35.5. The summed E-state index contributed by atoms with van der Waals surface area (Å²) in [5.41, 5.74) is 1.73. The Morgan fingerprint density at radius 2 is 1.60 bits per heavy atom. The van der Waals surface area contributed by atoms with Crippen molar-refractivity contribution in [3.05, 3.63) is 86.8 Å². The van der Waals surface area contributed by atoms with E-state index in [-0.39, 0.29) is 16.3 Å². The fourth-order valence-corrected chi connectivity index (χ4v) is 4.82. The van der Waals surface area contributed by atoms with Gasteiger partial charge in [0.2, 0.25) is 15.7 Å². The van der Waals surface area contributed by atoms with Crippen LogP contribution in [0.3, 0.4) is 0 Å². The lowest BCUT2D eigenvalue weighted by molar-refractivity contribution is -0.116. The highest BCUT2D eigenvalue weighted by molar-refractivity contribution is 7.91. The molecular formula is C22H21ClN2O4S. The average Bonchev–Trinajstić information content (AvgIpc) is 2.67. The van der Waals surface area contributed by atoms with E-state index in [2.05, 4.69) is 5.32 Å². The van der Waals surface area contributed by atoms with Crippen molar-refractivity contribution < 1.29 is 13.2 Å². The van der Waals surface area contributed by atoms with E-state index in [1.807, 2.05) is 19.1 Å². The molecule has 156 valence electrons. The molecule has 1 aromatic heterocycles. The molecule has 0 aliphatic rings. The Balaban J connectivity index is 1.99. The summed E-state index contributed by atoms with van der Waals surface area (Å²) in [7, 11) is -4.08. The van der Waals surface area contributed by atoms with Gasteiger partial charge in [-0.3, -0.25) is 9.59 Å². The van der Waals surface area contributed by atoms with E-state index >= 15 is 0 Å². The van der Waals surface area contributed by atoms with E-state index in [0.29, 0.717) is 22.0 Å². The second kappa shape index (κ2) is 8.45. The van der Waals surface area contributed by atoms with Gasteiger partial charge in [0.1, 0.15) is 11.4 Å². The van der Waals surface area contributed by atoms with Gasteiger partial charge in [0, 0.05) is 16.4 Å². The van der Waals surface area contributed by atoms with Crippen molar-refractivity contribution in [2.45, 2.75) is 37.1 Å². The molecule has 30 heavy (non-hydrogen) atoms. The second-order valence-corrected chi connectivity index (χ2v) is 9.38. The van der Waals surface area contributed by atoms with E-state index in [4.69, 9.17) is 11.6 Å². The van der Waals surface area contributed by atoms with Crippen LogP contribution in [0.1, 0.15) is 16.8 Å². The largest absolute Gasteiger partial charge is 0.325 e. The molecule has 0 radical (unpaired) electrons. The van der Waals surface area contributed by atoms with Crippen molar-refractivity contribution in [3.63, 3.8) is 0 Å². The third kappa shape index (κ3) is 4.47. The molecule has 0 bridgehead atoms. The number of carbonyl (C=O) groups is 1. The Morgan fingerprint density at radius 1 is 1.00 bits per heavy atom. The van der Waals surface area contributed by atoms with Crippen molar-refractivity contribution in [3.8, 4) is 0 Å². The quantitative estimate of drug-likeness (QED) is 0.646. The van der Waals surface area contributed by atoms with Gasteiger partial charge in [-0.05, 0) is 68.8 Å². The van der Waals surface area contributed by atoms with Gasteiger partial charge in [-0.25, -0.2) is 8.42 Å². The molecule has 0 aliphatic carbocycles. The fourth-order valence-electron chi connectivity index (χ4n) is 3.14. The van der Waals surface area contributed by atoms with Gasteiger partial charge in [-0.15, -0.1) is 0 Å². The number of aryl methyl sites for hydroxylation is 3. The van der Waals surface area contributed by atoms with Gasteiger partial charge in [0.05, 0.1) is 4.90 Å². The number of aromatic nitrogens is 1. The Labute approximate surface area is 180 Å². The summed E-state index contributed by atoms with van der Waals surface area (Å²) < 4.78 is 27.4. The number of anilines is 1. The third-order valence-electron chi connectivity index (χ3n) is 4.68. The standard InChI is InChI=1S/C22H21ClN2O4S/c1-14-4-8-18(9-5-14)24-20(26)13-25-16(3)12-15(2)21(22(25)27)30(28,29)19-10-6-17(23)7-11-19/h4-12H,13H2,1-3H3,(H,24,26). The van der Waals surface area contributed by atoms with Crippen LogP contribution < -0.4 is 10.9 Å². The summed E-state index contributed by atoms with van der Waals surface area (Å²) in [6.45, 7) is 4.85. The number of rotatable bonds is 5. The number of hydrogen-bond donors (Lipinski definition) is 1. The zero-order valence-electron chi connectivity index (χ0n) is 16.8. The van der Waals surface area contributed by atoms with E-state index in [0.717, 1.165) is 5.56 Å². The van der Waals surface area contributed by atoms with Crippen LogP contribution in [0.4, 0.5) is 5.69 Å². The van der Waals surface area contributed by atoms with Crippen molar-refractivity contribution in [1.82, 2.24) is 4.57 Å². The summed E-state index contributed by atoms with van der Waals surface area (Å²) in [5, 5.41) is 3.11. The third-order valence-corrected chi connectivity index (χ3v) is 6.86. The van der Waals surface area contributed by atoms with Crippen LogP contribution >= 0.6 is 11.6 Å². The molecule has 0 fully saturated rings. The summed E-state index contributed by atoms with van der Waals surface area (Å²) in [6, 6.07) is 14.4. The van der Waals surface area contributed by atoms with Gasteiger partial charge in [-0.2, -0.15) is 0 Å². The Morgan fingerprint density at radius 3 is 2.20 bits per heavy atom. The van der Waals surface area contributed by atoms with E-state index in [1.54, 1.807) is 32.0 Å². The molecule has 0 unspecified atom stereocenters. The molecule has 1 heterocycles. The van der Waals surface area contributed by atoms with Crippen LogP contribution in [0.2, 0.25) is 5.02 Å². The number of nitrogens with one attached hydrogen (secondary N) is 1. The Hall–Kier alpha value is -2.90. The Kier molecular flexibility index (Phi) is 6.14. The number of halogens is 1. The van der Waals surface area contributed by atoms with Crippen LogP contribution in [0, 0.1) is 20.8 Å². The summed E-state index contributed by atoms with van der Waals surface area (Å²) in [4.78, 5) is 25.2. The minimum absolute atomic E-state index is 0.0355. The summed E-state index contributed by atoms with van der Waals surface area (Å²) in [6.07, 6.45) is 0. The molecule has 0 saturated heterocycles. The van der Waals surface area contributed by atoms with E-state index in [9.17, 15) is 18.0 Å². The molecule has 0 spiro atoms. The highest BCUT2D eigenvalue weighted by Crippen LogP contribution is 2.23. The normalized spacial score (nSPS) is 11.3. The molecule has 3 rings (SSSR count). The molecule has 0 aliphatic heterocycles. The molecule has 8 heteroatoms. The number of amides is 1. The fraction of sp³-hybridized carbons (Fsp3) is 0.182. The first-order valence-corrected chi connectivity index (χ1v) is 11.0. The van der Waals surface area contributed by atoms with E-state index < -0.39 is 21.3 Å². The van der Waals surface area contributed by atoms with Gasteiger partial charge in [0.25, 0.3) is 5.56 Å². The summed E-state index contributed by atoms with van der Waals surface area (Å²) in [5.74, 6) is -0.428. The van der Waals surface area contributed by atoms with Crippen LogP contribution in [0.15, 0.2) is 69.2 Å². The zero-order valence-corrected chi connectivity index (χ0v) is 18.3. The van der Waals surface area contributed by atoms with Gasteiger partial charge < -0.3 is 9.88 Å². The minimum atomic E-state index is -4.08. The SMILES string of the molecule is Cc1ccc(NC(=O)Cn2c(C)cc(C)c(S(=O)(=O)c3ccc(Cl)cc3)c2=O)cc1. The number of pyridine rings is 1. The van der Waals surface area contributed by atoms with Crippen molar-refractivity contribution in [1.29, 1.82) is 0 Å². The molecule has 1 amide bonds. The first kappa shape index (κ1) is 21.8. The number of nitrogens with zero attached hydrogens (tertiary/aromatic N) is 1. The molecular weight excluding hydrogens is 424 g/mol. The molecule has 1 N–H and O–H groups in total. The number of benzene rings is 2. The first-order valence-electron chi connectivity index (χ1n) is 9.18. The van der Waals surface area contributed by atoms with Crippen molar-refractivity contribution in [2.75, 3.05) is 5.32 Å². The summed E-state index contributed by atoms with van der Waals surface area (Å²) >= 11 is 5.84. The second-order valence-electron chi connectivity index (χ2n) is 7.06. The highest BCUT2D eigenvalue weighted by Gasteiger charge is 2.26. The molecule has 6 nitrogen and oxygen atoms in total. The zero-order chi connectivity index (χ0) is 22.1. The lowest BCUT2D eigenvalue weighted by Gasteiger charge is -2.15. The van der Waals surface area contributed by atoms with Gasteiger partial charge >= 0.3 is 0 Å². The average molecular weight is 445 g/mol. The number of hydrogen-bond acceptors (Lipinski definition) is 4. The molecule has 0 atom stereocenters. The van der Waals surface area contributed by atoms with Gasteiger partial charge in [0.15, 0.2) is 0 Å². The topological polar surface area (TPSA) is 85.2 Å². The van der Waals surface area contributed by atoms with E-state index in [1.165, 1.54) is 28.8 Å². The van der Waals surface area contributed by atoms with Crippen LogP contribution in [-0.4, -0.2) is 18.9 Å². The van der Waals surface area contributed by atoms with Crippen LogP contribution in [0.25, 0.3) is 0 Å². The smallest absolute Gasteiger partial charge is 0.270 e. The van der Waals surface area contributed by atoms with Crippen LogP contribution in [0.5, 0.6) is 0 Å². The maximum absolute atomic E-state index is 13.1. The maximum atomic E-state index is 13.1. The maximum Gasteiger partial charge on any atom is 0.270 e. The number of sulfone groups is 1. The van der Waals surface area contributed by atoms with Crippen LogP contribution in [-0.2, 0) is 21.2 Å². The Bertz CT molecular complexity index is 1260. The molecule has 3 aromatic rings. The molecule has 0 saturated carbocycles. The van der Waals surface area contributed by atoms with Gasteiger partial charge in [-0.1, -0.05) is 29.3 Å². The number of carbonyl (C=O) groups excluding carboxylic acids is 1. The predicted octanol–water partition coefficient (Wildman–Crippen LogP) is 3.90. The predicted molar refractivity (Wildman–Crippen MR) is 117 cm³/mol. The van der Waals surface area contributed by atoms with Crippen molar-refractivity contribution in [2.24, 2.45) is 0 Å². The molecule has 2 aromatic carbocycles.